The number of aromatic nitrogens is 4. The molecule has 0 unspecified atom stereocenters. The fourth-order valence-electron chi connectivity index (χ4n) is 6.08. The molecule has 48 heavy (non-hydrogen) atoms. The number of imidazole rings is 2. The zero-order chi connectivity index (χ0) is 34.2. The normalized spacial score (nSPS) is 11.6. The molecule has 0 aliphatic carbocycles. The molecule has 0 bridgehead atoms. The first-order valence-electron chi connectivity index (χ1n) is 15.7. The molecule has 12 heteroatoms. The molecule has 0 aliphatic heterocycles. The third-order valence-electron chi connectivity index (χ3n) is 8.45. The highest BCUT2D eigenvalue weighted by Crippen LogP contribution is 2.32. The van der Waals surface area contributed by atoms with Crippen LogP contribution in [-0.2, 0) is 30.0 Å². The molecule has 0 radical (unpaired) electrons. The molecule has 6 rings (SSSR count). The Hall–Kier alpha value is -5.49. The van der Waals surface area contributed by atoms with E-state index in [1.807, 2.05) is 49.5 Å². The molecule has 11 nitrogen and oxygen atoms in total. The van der Waals surface area contributed by atoms with E-state index in [1.54, 1.807) is 18.2 Å². The molecular formula is C36H37N7O4S. The summed E-state index contributed by atoms with van der Waals surface area (Å²) >= 11 is 0. The van der Waals surface area contributed by atoms with Gasteiger partial charge >= 0.3 is 12.1 Å². The SMILES string of the molecule is CCCc1nc2c(C)cc(-c3nc4ccccc4n3C)cc2n1Cc1ccc(-c2ccccc2S(=O)(=O)N(C(=O)NC)C(=O)NC)cc1. The topological polar surface area (TPSA) is 131 Å². The second-order valence-corrected chi connectivity index (χ2v) is 13.3. The van der Waals surface area contributed by atoms with Crippen LogP contribution in [0.2, 0.25) is 0 Å². The summed E-state index contributed by atoms with van der Waals surface area (Å²) in [6.07, 6.45) is 1.75. The van der Waals surface area contributed by atoms with Crippen LogP contribution in [0.3, 0.4) is 0 Å². The number of para-hydroxylation sites is 2. The molecule has 246 valence electrons. The zero-order valence-corrected chi connectivity index (χ0v) is 28.3. The van der Waals surface area contributed by atoms with Crippen LogP contribution in [-0.4, -0.2) is 58.0 Å². The van der Waals surface area contributed by atoms with E-state index in [-0.39, 0.29) is 9.20 Å². The molecule has 4 amide bonds. The van der Waals surface area contributed by atoms with E-state index in [0.29, 0.717) is 17.7 Å². The largest absolute Gasteiger partial charge is 0.340 e. The molecule has 4 aromatic carbocycles. The number of aryl methyl sites for hydroxylation is 3. The Morgan fingerprint density at radius 1 is 0.833 bits per heavy atom. The van der Waals surface area contributed by atoms with Crippen molar-refractivity contribution < 1.29 is 18.0 Å². The first kappa shape index (κ1) is 32.5. The number of fused-ring (bicyclic) bond motifs is 2. The average Bonchev–Trinajstić information content (AvgIpc) is 3.62. The van der Waals surface area contributed by atoms with Gasteiger partial charge in [-0.15, -0.1) is 4.31 Å². The predicted octanol–water partition coefficient (Wildman–Crippen LogP) is 6.24. The van der Waals surface area contributed by atoms with Gasteiger partial charge in [-0.3, -0.25) is 0 Å². The van der Waals surface area contributed by atoms with Crippen molar-refractivity contribution in [2.75, 3.05) is 14.1 Å². The molecule has 0 spiro atoms. The van der Waals surface area contributed by atoms with Gasteiger partial charge in [-0.25, -0.2) is 28.0 Å². The van der Waals surface area contributed by atoms with E-state index < -0.39 is 22.1 Å². The molecule has 0 atom stereocenters. The summed E-state index contributed by atoms with van der Waals surface area (Å²) in [7, 11) is 0.00900. The highest BCUT2D eigenvalue weighted by molar-refractivity contribution is 7.90. The van der Waals surface area contributed by atoms with Gasteiger partial charge in [0.15, 0.2) is 0 Å². The quantitative estimate of drug-likeness (QED) is 0.198. The first-order chi connectivity index (χ1) is 23.1. The number of sulfonamides is 1. The second-order valence-electron chi connectivity index (χ2n) is 11.6. The Morgan fingerprint density at radius 3 is 2.17 bits per heavy atom. The lowest BCUT2D eigenvalue weighted by molar-refractivity contribution is 0.210. The van der Waals surface area contributed by atoms with Crippen LogP contribution in [0.15, 0.2) is 89.8 Å². The second kappa shape index (κ2) is 13.0. The Morgan fingerprint density at radius 2 is 1.50 bits per heavy atom. The van der Waals surface area contributed by atoms with E-state index in [2.05, 4.69) is 51.8 Å². The van der Waals surface area contributed by atoms with Crippen molar-refractivity contribution in [1.82, 2.24) is 34.0 Å². The number of hydrogen-bond acceptors (Lipinski definition) is 6. The van der Waals surface area contributed by atoms with E-state index in [9.17, 15) is 18.0 Å². The van der Waals surface area contributed by atoms with E-state index in [4.69, 9.17) is 9.97 Å². The fraction of sp³-hybridized carbons (Fsp3) is 0.222. The van der Waals surface area contributed by atoms with Gasteiger partial charge in [0.05, 0.1) is 27.0 Å². The molecular weight excluding hydrogens is 627 g/mol. The Labute approximate surface area is 279 Å². The van der Waals surface area contributed by atoms with Crippen molar-refractivity contribution in [2.24, 2.45) is 7.05 Å². The summed E-state index contributed by atoms with van der Waals surface area (Å²) in [5, 5.41) is 4.46. The van der Waals surface area contributed by atoms with Crippen molar-refractivity contribution in [3.8, 4) is 22.5 Å². The van der Waals surface area contributed by atoms with E-state index in [1.165, 1.54) is 20.2 Å². The van der Waals surface area contributed by atoms with Crippen molar-refractivity contribution >= 4 is 44.2 Å². The van der Waals surface area contributed by atoms with Gasteiger partial charge in [-0.05, 0) is 60.4 Å². The zero-order valence-electron chi connectivity index (χ0n) is 27.5. The lowest BCUT2D eigenvalue weighted by atomic mass is 10.0. The minimum atomic E-state index is -4.54. The molecule has 2 heterocycles. The highest BCUT2D eigenvalue weighted by atomic mass is 32.2. The molecule has 0 fully saturated rings. The maximum atomic E-state index is 13.6. The van der Waals surface area contributed by atoms with Gasteiger partial charge in [0.1, 0.15) is 11.6 Å². The Balaban J connectivity index is 1.39. The van der Waals surface area contributed by atoms with Crippen LogP contribution in [0.25, 0.3) is 44.6 Å². The fourth-order valence-corrected chi connectivity index (χ4v) is 7.61. The van der Waals surface area contributed by atoms with Crippen LogP contribution >= 0.6 is 0 Å². The number of nitrogens with one attached hydrogen (secondary N) is 2. The number of imide groups is 1. The van der Waals surface area contributed by atoms with Crippen molar-refractivity contribution in [3.63, 3.8) is 0 Å². The van der Waals surface area contributed by atoms with Gasteiger partial charge in [0, 0.05) is 45.2 Å². The summed E-state index contributed by atoms with van der Waals surface area (Å²) in [5.41, 5.74) is 8.05. The predicted molar refractivity (Wildman–Crippen MR) is 187 cm³/mol. The third kappa shape index (κ3) is 5.68. The molecule has 2 aromatic heterocycles. The molecule has 0 saturated heterocycles. The monoisotopic (exact) mass is 663 g/mol. The lowest BCUT2D eigenvalue weighted by Gasteiger charge is -2.21. The summed E-state index contributed by atoms with van der Waals surface area (Å²) < 4.78 is 31.9. The molecule has 6 aromatic rings. The standard InChI is InChI=1S/C36H37N7O4S/c1-6-11-32-40-33-23(2)20-26(34-39-28-13-8-9-14-29(28)41(34)5)21-30(33)42(32)22-24-16-18-25(19-17-24)27-12-7-10-15-31(27)48(46,47)43(35(44)37-3)36(45)38-4/h7-10,12-21H,6,11,22H2,1-5H3,(H,37,44)(H,38,45). The highest BCUT2D eigenvalue weighted by Gasteiger charge is 2.36. The molecule has 0 saturated carbocycles. The lowest BCUT2D eigenvalue weighted by Crippen LogP contribution is -2.49. The van der Waals surface area contributed by atoms with Crippen molar-refractivity contribution in [1.29, 1.82) is 0 Å². The van der Waals surface area contributed by atoms with Crippen LogP contribution < -0.4 is 10.6 Å². The minimum absolute atomic E-state index is 0.166. The van der Waals surface area contributed by atoms with E-state index >= 15 is 0 Å². The van der Waals surface area contributed by atoms with E-state index in [0.717, 1.165) is 63.2 Å². The van der Waals surface area contributed by atoms with Gasteiger partial charge in [-0.2, -0.15) is 0 Å². The summed E-state index contributed by atoms with van der Waals surface area (Å²) in [6.45, 7) is 4.77. The van der Waals surface area contributed by atoms with Gasteiger partial charge < -0.3 is 19.8 Å². The number of nitrogens with zero attached hydrogens (tertiary/aromatic N) is 5. The van der Waals surface area contributed by atoms with Crippen LogP contribution in [0.5, 0.6) is 0 Å². The number of hydrogen-bond donors (Lipinski definition) is 2. The maximum Gasteiger partial charge on any atom is 0.339 e. The van der Waals surface area contributed by atoms with Gasteiger partial charge in [0.25, 0.3) is 10.0 Å². The number of urea groups is 2. The number of rotatable bonds is 8. The van der Waals surface area contributed by atoms with Crippen LogP contribution in [0.1, 0.15) is 30.3 Å². The number of carbonyl (C=O) groups is 2. The first-order valence-corrected chi connectivity index (χ1v) is 17.1. The molecule has 2 N–H and O–H groups in total. The summed E-state index contributed by atoms with van der Waals surface area (Å²) in [4.78, 5) is 34.8. The number of amides is 4. The summed E-state index contributed by atoms with van der Waals surface area (Å²) in [6, 6.07) is 24.2. The minimum Gasteiger partial charge on any atom is -0.340 e. The van der Waals surface area contributed by atoms with Crippen molar-refractivity contribution in [2.45, 2.75) is 38.1 Å². The molecule has 0 aliphatic rings. The van der Waals surface area contributed by atoms with Crippen LogP contribution in [0, 0.1) is 6.92 Å². The van der Waals surface area contributed by atoms with Crippen molar-refractivity contribution in [3.05, 3.63) is 102 Å². The number of benzene rings is 4. The smallest absolute Gasteiger partial charge is 0.339 e. The van der Waals surface area contributed by atoms with Gasteiger partial charge in [0.2, 0.25) is 0 Å². The Bertz CT molecular complexity index is 2270. The Kier molecular flexibility index (Phi) is 8.76. The third-order valence-corrected chi connectivity index (χ3v) is 10.2. The summed E-state index contributed by atoms with van der Waals surface area (Å²) in [5.74, 6) is 1.87. The average molecular weight is 664 g/mol. The van der Waals surface area contributed by atoms with Gasteiger partial charge in [-0.1, -0.05) is 61.5 Å². The number of carbonyl (C=O) groups excluding carboxylic acids is 2. The van der Waals surface area contributed by atoms with Crippen LogP contribution in [0.4, 0.5) is 9.59 Å². The maximum absolute atomic E-state index is 13.6.